The molecule has 1 aromatic heterocycles. The third kappa shape index (κ3) is 2.76. The summed E-state index contributed by atoms with van der Waals surface area (Å²) in [4.78, 5) is 1.41. The highest BCUT2D eigenvalue weighted by Crippen LogP contribution is 2.46. The van der Waals surface area contributed by atoms with Crippen LogP contribution in [0.1, 0.15) is 41.3 Å². The Morgan fingerprint density at radius 2 is 2.15 bits per heavy atom. The van der Waals surface area contributed by atoms with Crippen molar-refractivity contribution in [3.63, 3.8) is 0 Å². The Morgan fingerprint density at radius 1 is 1.35 bits per heavy atom. The van der Waals surface area contributed by atoms with E-state index in [1.807, 2.05) is 11.3 Å². The number of hydrogen-bond donors (Lipinski definition) is 1. The molecule has 1 aliphatic carbocycles. The molecule has 0 bridgehead atoms. The quantitative estimate of drug-likeness (QED) is 0.665. The zero-order valence-electron chi connectivity index (χ0n) is 11.3. The molecule has 2 aromatic rings. The molecule has 106 valence electrons. The fourth-order valence-corrected chi connectivity index (χ4v) is 5.08. The van der Waals surface area contributed by atoms with Gasteiger partial charge in [0.1, 0.15) is 0 Å². The second-order valence-corrected chi connectivity index (χ2v) is 8.47. The molecular weight excluding hydrogens is 398 g/mol. The minimum Gasteiger partial charge on any atom is -0.309 e. The topological polar surface area (TPSA) is 12.0 Å². The number of thiophene rings is 1. The molecule has 2 unspecified atom stereocenters. The van der Waals surface area contributed by atoms with Gasteiger partial charge >= 0.3 is 0 Å². The number of nitrogens with one attached hydrogen (secondary N) is 1. The van der Waals surface area contributed by atoms with Crippen LogP contribution in [0, 0.1) is 0 Å². The molecule has 0 fully saturated rings. The lowest BCUT2D eigenvalue weighted by Gasteiger charge is -2.36. The Kier molecular flexibility index (Phi) is 4.65. The van der Waals surface area contributed by atoms with Gasteiger partial charge in [0.05, 0.1) is 3.79 Å². The van der Waals surface area contributed by atoms with E-state index < -0.39 is 0 Å². The minimum atomic E-state index is 0.428. The van der Waals surface area contributed by atoms with Crippen molar-refractivity contribution in [1.29, 1.82) is 0 Å². The zero-order valence-corrected chi connectivity index (χ0v) is 15.3. The number of fused-ring (bicyclic) bond motifs is 1. The molecule has 1 nitrogen and oxygen atoms in total. The smallest absolute Gasteiger partial charge is 0.0843 e. The van der Waals surface area contributed by atoms with Crippen LogP contribution in [0.3, 0.4) is 0 Å². The summed E-state index contributed by atoms with van der Waals surface area (Å²) in [6, 6.07) is 11.5. The predicted molar refractivity (Wildman–Crippen MR) is 93.6 cm³/mol. The molecule has 0 saturated carbocycles. The molecule has 1 heterocycles. The highest BCUT2D eigenvalue weighted by Gasteiger charge is 2.34. The second-order valence-electron chi connectivity index (χ2n) is 5.21. The summed E-state index contributed by atoms with van der Waals surface area (Å²) in [6.07, 6.45) is 2.35. The van der Waals surface area contributed by atoms with Crippen LogP contribution in [0.5, 0.6) is 0 Å². The maximum absolute atomic E-state index is 3.74. The van der Waals surface area contributed by atoms with Gasteiger partial charge in [-0.05, 0) is 68.4 Å². The van der Waals surface area contributed by atoms with E-state index in [0.29, 0.717) is 12.0 Å². The van der Waals surface area contributed by atoms with Crippen LogP contribution in [0.4, 0.5) is 0 Å². The molecule has 1 aliphatic rings. The van der Waals surface area contributed by atoms with E-state index in [2.05, 4.69) is 74.4 Å². The largest absolute Gasteiger partial charge is 0.309 e. The van der Waals surface area contributed by atoms with Crippen molar-refractivity contribution in [3.8, 4) is 0 Å². The van der Waals surface area contributed by atoms with Gasteiger partial charge < -0.3 is 5.32 Å². The molecule has 1 aromatic carbocycles. The number of benzene rings is 1. The number of hydrogen-bond acceptors (Lipinski definition) is 2. The average molecular weight is 415 g/mol. The summed E-state index contributed by atoms with van der Waals surface area (Å²) >= 11 is 9.06. The van der Waals surface area contributed by atoms with Crippen molar-refractivity contribution in [2.45, 2.75) is 31.7 Å². The van der Waals surface area contributed by atoms with Crippen LogP contribution in [0.2, 0.25) is 0 Å². The molecule has 0 saturated heterocycles. The van der Waals surface area contributed by atoms with Crippen molar-refractivity contribution in [1.82, 2.24) is 5.32 Å². The lowest BCUT2D eigenvalue weighted by Crippen LogP contribution is -2.33. The predicted octanol–water partition coefficient (Wildman–Crippen LogP) is 5.65. The highest BCUT2D eigenvalue weighted by molar-refractivity contribution is 9.13. The maximum Gasteiger partial charge on any atom is 0.0843 e. The fourth-order valence-electron chi connectivity index (χ4n) is 2.85. The summed E-state index contributed by atoms with van der Waals surface area (Å²) in [6.45, 7) is 3.29. The van der Waals surface area contributed by atoms with Gasteiger partial charge in [-0.3, -0.25) is 0 Å². The Bertz CT molecular complexity index is 589. The lowest BCUT2D eigenvalue weighted by atomic mass is 9.73. The fraction of sp³-hybridized carbons (Fsp3) is 0.375. The Morgan fingerprint density at radius 3 is 2.80 bits per heavy atom. The van der Waals surface area contributed by atoms with Gasteiger partial charge in [0, 0.05) is 21.3 Å². The first-order valence-corrected chi connectivity index (χ1v) is 9.37. The van der Waals surface area contributed by atoms with E-state index in [1.54, 1.807) is 0 Å². The monoisotopic (exact) mass is 413 g/mol. The molecule has 0 aliphatic heterocycles. The first-order chi connectivity index (χ1) is 9.70. The molecule has 4 heteroatoms. The van der Waals surface area contributed by atoms with E-state index in [4.69, 9.17) is 0 Å². The van der Waals surface area contributed by atoms with E-state index in [1.165, 1.54) is 32.6 Å². The summed E-state index contributed by atoms with van der Waals surface area (Å²) < 4.78 is 2.34. The zero-order chi connectivity index (χ0) is 14.1. The van der Waals surface area contributed by atoms with Crippen molar-refractivity contribution in [2.75, 3.05) is 6.54 Å². The number of halogens is 2. The third-order valence-corrected chi connectivity index (χ3v) is 7.22. The molecule has 0 spiro atoms. The maximum atomic E-state index is 3.74. The highest BCUT2D eigenvalue weighted by atomic mass is 79.9. The van der Waals surface area contributed by atoms with Crippen LogP contribution in [-0.2, 0) is 6.42 Å². The first kappa shape index (κ1) is 14.8. The van der Waals surface area contributed by atoms with Gasteiger partial charge in [0.25, 0.3) is 0 Å². The molecule has 1 N–H and O–H groups in total. The summed E-state index contributed by atoms with van der Waals surface area (Å²) in [5.41, 5.74) is 3.03. The Hall–Kier alpha value is -0.160. The summed E-state index contributed by atoms with van der Waals surface area (Å²) in [5, 5.41) is 3.74. The van der Waals surface area contributed by atoms with Crippen LogP contribution < -0.4 is 5.32 Å². The van der Waals surface area contributed by atoms with Gasteiger partial charge in [-0.15, -0.1) is 11.3 Å². The normalized spacial score (nSPS) is 18.4. The van der Waals surface area contributed by atoms with Gasteiger partial charge in [-0.2, -0.15) is 0 Å². The van der Waals surface area contributed by atoms with Crippen LogP contribution in [-0.4, -0.2) is 6.54 Å². The Labute approximate surface area is 141 Å². The summed E-state index contributed by atoms with van der Waals surface area (Å²) in [7, 11) is 0. The lowest BCUT2D eigenvalue weighted by molar-refractivity contribution is 0.417. The summed E-state index contributed by atoms with van der Waals surface area (Å²) in [5.74, 6) is 0.607. The van der Waals surface area contributed by atoms with Crippen molar-refractivity contribution < 1.29 is 0 Å². The SMILES string of the molecule is CCCNC(c1cc(Br)c(Br)s1)C1Cc2ccccc21. The van der Waals surface area contributed by atoms with Crippen LogP contribution >= 0.6 is 43.2 Å². The van der Waals surface area contributed by atoms with E-state index in [0.717, 1.165) is 11.0 Å². The van der Waals surface area contributed by atoms with Crippen LogP contribution in [0.25, 0.3) is 0 Å². The van der Waals surface area contributed by atoms with Crippen molar-refractivity contribution >= 4 is 43.2 Å². The molecular formula is C16H17Br2NS. The van der Waals surface area contributed by atoms with Crippen molar-refractivity contribution in [3.05, 3.63) is 54.6 Å². The Balaban J connectivity index is 1.88. The van der Waals surface area contributed by atoms with Gasteiger partial charge in [-0.25, -0.2) is 0 Å². The minimum absolute atomic E-state index is 0.428. The molecule has 20 heavy (non-hydrogen) atoms. The molecule has 3 rings (SSSR count). The van der Waals surface area contributed by atoms with Crippen molar-refractivity contribution in [2.24, 2.45) is 0 Å². The molecule has 2 atom stereocenters. The molecule has 0 amide bonds. The average Bonchev–Trinajstić information content (AvgIpc) is 2.75. The van der Waals surface area contributed by atoms with Gasteiger partial charge in [-0.1, -0.05) is 31.2 Å². The van der Waals surface area contributed by atoms with Gasteiger partial charge in [0.15, 0.2) is 0 Å². The standard InChI is InChI=1S/C16H17Br2NS/c1-2-7-19-15(14-9-13(17)16(18)20-14)12-8-10-5-3-4-6-11(10)12/h3-6,9,12,15,19H,2,7-8H2,1H3. The van der Waals surface area contributed by atoms with E-state index >= 15 is 0 Å². The number of rotatable bonds is 5. The second kappa shape index (κ2) is 6.30. The third-order valence-electron chi connectivity index (χ3n) is 3.88. The molecule has 0 radical (unpaired) electrons. The van der Waals surface area contributed by atoms with E-state index in [9.17, 15) is 0 Å². The van der Waals surface area contributed by atoms with Crippen LogP contribution in [0.15, 0.2) is 38.6 Å². The van der Waals surface area contributed by atoms with Gasteiger partial charge in [0.2, 0.25) is 0 Å². The first-order valence-electron chi connectivity index (χ1n) is 6.96. The van der Waals surface area contributed by atoms with E-state index in [-0.39, 0.29) is 0 Å².